The molecule has 0 spiro atoms. The molecule has 4 nitrogen and oxygen atoms in total. The van der Waals surface area contributed by atoms with Gasteiger partial charge in [-0.1, -0.05) is 23.8 Å². The molecular weight excluding hydrogens is 228 g/mol. The Balaban J connectivity index is 2.76. The largest absolute Gasteiger partial charge is 0.379 e. The lowest BCUT2D eigenvalue weighted by molar-refractivity contribution is -0.384. The van der Waals surface area contributed by atoms with Crippen molar-refractivity contribution in [3.05, 3.63) is 45.5 Å². The van der Waals surface area contributed by atoms with Crippen molar-refractivity contribution in [2.45, 2.75) is 13.3 Å². The van der Waals surface area contributed by atoms with Crippen molar-refractivity contribution in [2.24, 2.45) is 0 Å². The summed E-state index contributed by atoms with van der Waals surface area (Å²) < 4.78 is 0. The number of nitrogens with zero attached hydrogens (tertiary/aromatic N) is 1. The van der Waals surface area contributed by atoms with Crippen molar-refractivity contribution in [2.75, 3.05) is 11.9 Å². The monoisotopic (exact) mass is 240 g/mol. The molecule has 5 heteroatoms. The highest BCUT2D eigenvalue weighted by Crippen LogP contribution is 2.27. The summed E-state index contributed by atoms with van der Waals surface area (Å²) >= 11 is 5.79. The van der Waals surface area contributed by atoms with E-state index in [2.05, 4.69) is 5.32 Å². The van der Waals surface area contributed by atoms with Crippen LogP contribution in [0.4, 0.5) is 11.4 Å². The van der Waals surface area contributed by atoms with Crippen molar-refractivity contribution in [3.63, 3.8) is 0 Å². The van der Waals surface area contributed by atoms with E-state index in [0.717, 1.165) is 6.42 Å². The van der Waals surface area contributed by atoms with Crippen molar-refractivity contribution < 1.29 is 4.92 Å². The Bertz CT molecular complexity index is 405. The fraction of sp³-hybridized carbons (Fsp3) is 0.273. The first-order chi connectivity index (χ1) is 7.65. The third-order valence-electron chi connectivity index (χ3n) is 2.02. The van der Waals surface area contributed by atoms with E-state index in [0.29, 0.717) is 17.3 Å². The summed E-state index contributed by atoms with van der Waals surface area (Å²) in [5, 5.41) is 14.2. The molecule has 0 bridgehead atoms. The highest BCUT2D eigenvalue weighted by molar-refractivity contribution is 6.31. The number of halogens is 1. The maximum atomic E-state index is 10.7. The lowest BCUT2D eigenvalue weighted by atomic mass is 10.2. The van der Waals surface area contributed by atoms with Crippen LogP contribution in [0.25, 0.3) is 0 Å². The molecule has 0 aliphatic rings. The second-order valence-electron chi connectivity index (χ2n) is 3.20. The van der Waals surface area contributed by atoms with Gasteiger partial charge in [-0.2, -0.15) is 0 Å². The Morgan fingerprint density at radius 2 is 2.31 bits per heavy atom. The van der Waals surface area contributed by atoms with E-state index in [4.69, 9.17) is 11.6 Å². The molecule has 0 aliphatic heterocycles. The molecule has 0 saturated heterocycles. The van der Waals surface area contributed by atoms with Crippen LogP contribution >= 0.6 is 11.6 Å². The predicted octanol–water partition coefficient (Wildman–Crippen LogP) is 3.63. The van der Waals surface area contributed by atoms with E-state index < -0.39 is 4.92 Å². The van der Waals surface area contributed by atoms with Crippen LogP contribution in [0.1, 0.15) is 13.3 Å². The van der Waals surface area contributed by atoms with Crippen LogP contribution in [0.15, 0.2) is 30.4 Å². The average Bonchev–Trinajstić information content (AvgIpc) is 2.24. The van der Waals surface area contributed by atoms with Gasteiger partial charge in [0.2, 0.25) is 0 Å². The Morgan fingerprint density at radius 3 is 2.94 bits per heavy atom. The maximum absolute atomic E-state index is 10.7. The Kier molecular flexibility index (Phi) is 4.79. The molecule has 0 amide bonds. The predicted molar refractivity (Wildman–Crippen MR) is 66.0 cm³/mol. The fourth-order valence-corrected chi connectivity index (χ4v) is 1.44. The van der Waals surface area contributed by atoms with E-state index in [1.807, 2.05) is 19.1 Å². The summed E-state index contributed by atoms with van der Waals surface area (Å²) in [5.41, 5.74) is 0.506. The van der Waals surface area contributed by atoms with Crippen molar-refractivity contribution in [3.8, 4) is 0 Å². The van der Waals surface area contributed by atoms with Gasteiger partial charge in [-0.25, -0.2) is 0 Å². The van der Waals surface area contributed by atoms with Gasteiger partial charge in [0.15, 0.2) is 0 Å². The molecule has 1 rings (SSSR count). The SMILES string of the molecule is C/C=C/CCNc1cc(Cl)ccc1[N+](=O)[O-]. The van der Waals surface area contributed by atoms with E-state index in [1.54, 1.807) is 6.07 Å². The van der Waals surface area contributed by atoms with E-state index in [9.17, 15) is 10.1 Å². The lowest BCUT2D eigenvalue weighted by Gasteiger charge is -2.05. The van der Waals surface area contributed by atoms with Crippen LogP contribution < -0.4 is 5.32 Å². The van der Waals surface area contributed by atoms with Gasteiger partial charge in [0, 0.05) is 17.6 Å². The van der Waals surface area contributed by atoms with Crippen LogP contribution in [-0.2, 0) is 0 Å². The summed E-state index contributed by atoms with van der Waals surface area (Å²) in [6, 6.07) is 4.48. The smallest absolute Gasteiger partial charge is 0.292 e. The third kappa shape index (κ3) is 3.55. The molecule has 0 unspecified atom stereocenters. The summed E-state index contributed by atoms with van der Waals surface area (Å²) in [6.45, 7) is 2.58. The van der Waals surface area contributed by atoms with Crippen LogP contribution in [0, 0.1) is 10.1 Å². The molecule has 0 saturated carbocycles. The van der Waals surface area contributed by atoms with Crippen LogP contribution in [0.3, 0.4) is 0 Å². The molecule has 0 fully saturated rings. The lowest BCUT2D eigenvalue weighted by Crippen LogP contribution is -2.03. The molecule has 1 aromatic rings. The molecular formula is C11H13ClN2O2. The number of nitro groups is 1. The highest BCUT2D eigenvalue weighted by atomic mass is 35.5. The van der Waals surface area contributed by atoms with Gasteiger partial charge in [0.1, 0.15) is 5.69 Å². The second kappa shape index (κ2) is 6.12. The average molecular weight is 241 g/mol. The topological polar surface area (TPSA) is 55.2 Å². The molecule has 1 aromatic carbocycles. The zero-order valence-electron chi connectivity index (χ0n) is 8.94. The summed E-state index contributed by atoms with van der Waals surface area (Å²) in [4.78, 5) is 10.3. The normalized spacial score (nSPS) is 10.6. The van der Waals surface area contributed by atoms with E-state index in [-0.39, 0.29) is 5.69 Å². The summed E-state index contributed by atoms with van der Waals surface area (Å²) in [7, 11) is 0. The minimum Gasteiger partial charge on any atom is -0.379 e. The van der Waals surface area contributed by atoms with Gasteiger partial charge >= 0.3 is 0 Å². The van der Waals surface area contributed by atoms with E-state index in [1.165, 1.54) is 12.1 Å². The molecule has 16 heavy (non-hydrogen) atoms. The Hall–Kier alpha value is -1.55. The van der Waals surface area contributed by atoms with Gasteiger partial charge in [-0.3, -0.25) is 10.1 Å². The quantitative estimate of drug-likeness (QED) is 0.370. The van der Waals surface area contributed by atoms with Gasteiger partial charge < -0.3 is 5.32 Å². The zero-order valence-corrected chi connectivity index (χ0v) is 9.70. The van der Waals surface area contributed by atoms with E-state index >= 15 is 0 Å². The van der Waals surface area contributed by atoms with Crippen LogP contribution in [-0.4, -0.2) is 11.5 Å². The number of rotatable bonds is 5. The molecule has 0 radical (unpaired) electrons. The Morgan fingerprint density at radius 1 is 1.56 bits per heavy atom. The number of anilines is 1. The number of hydrogen-bond acceptors (Lipinski definition) is 3. The van der Waals surface area contributed by atoms with Crippen molar-refractivity contribution in [1.82, 2.24) is 0 Å². The summed E-state index contributed by atoms with van der Waals surface area (Å²) in [6.07, 6.45) is 4.75. The Labute approximate surface area is 99.1 Å². The highest BCUT2D eigenvalue weighted by Gasteiger charge is 2.12. The minimum absolute atomic E-state index is 0.0462. The number of benzene rings is 1. The zero-order chi connectivity index (χ0) is 12.0. The van der Waals surface area contributed by atoms with Gasteiger partial charge in [-0.05, 0) is 25.5 Å². The molecule has 0 atom stereocenters. The van der Waals surface area contributed by atoms with Crippen LogP contribution in [0.2, 0.25) is 5.02 Å². The summed E-state index contributed by atoms with van der Waals surface area (Å²) in [5.74, 6) is 0. The first-order valence-electron chi connectivity index (χ1n) is 4.94. The maximum Gasteiger partial charge on any atom is 0.292 e. The van der Waals surface area contributed by atoms with Gasteiger partial charge in [0.25, 0.3) is 5.69 Å². The molecule has 0 heterocycles. The second-order valence-corrected chi connectivity index (χ2v) is 3.64. The first-order valence-corrected chi connectivity index (χ1v) is 5.32. The standard InChI is InChI=1S/C11H13ClN2O2/c1-2-3-4-7-13-10-8-9(12)5-6-11(10)14(15)16/h2-3,5-6,8,13H,4,7H2,1H3/b3-2+. The van der Waals surface area contributed by atoms with Gasteiger partial charge in [-0.15, -0.1) is 0 Å². The molecule has 86 valence electrons. The van der Waals surface area contributed by atoms with Crippen molar-refractivity contribution in [1.29, 1.82) is 0 Å². The minimum atomic E-state index is -0.422. The number of hydrogen-bond donors (Lipinski definition) is 1. The van der Waals surface area contributed by atoms with Gasteiger partial charge in [0.05, 0.1) is 4.92 Å². The molecule has 1 N–H and O–H groups in total. The van der Waals surface area contributed by atoms with Crippen LogP contribution in [0.5, 0.6) is 0 Å². The first kappa shape index (κ1) is 12.5. The molecule has 0 aromatic heterocycles. The molecule has 0 aliphatic carbocycles. The fourth-order valence-electron chi connectivity index (χ4n) is 1.27. The number of allylic oxidation sites excluding steroid dienone is 1. The third-order valence-corrected chi connectivity index (χ3v) is 2.25. The number of nitrogens with one attached hydrogen (secondary N) is 1. The number of nitro benzene ring substituents is 1. The van der Waals surface area contributed by atoms with Crippen molar-refractivity contribution >= 4 is 23.0 Å².